The topological polar surface area (TPSA) is 105 Å². The first-order valence-electron chi connectivity index (χ1n) is 8.79. The molecule has 9 nitrogen and oxygen atoms in total. The Morgan fingerprint density at radius 2 is 2.08 bits per heavy atom. The van der Waals surface area contributed by atoms with E-state index in [1.54, 1.807) is 18.4 Å². The maximum Gasteiger partial charge on any atom is 0.238 e. The van der Waals surface area contributed by atoms with Crippen molar-refractivity contribution >= 4 is 11.8 Å². The standard InChI is InChI=1S/C17H23N5O4/c1-2-18-14(23)12-21-7-9-22(10-8-21)16(24)6-5-15-19-17(20-26-15)13-4-3-11-25-13/h3-4,11H,2,5-10,12H2,1H3,(H,18,23). The molecular formula is C17H23N5O4. The quantitative estimate of drug-likeness (QED) is 0.767. The second-order valence-electron chi connectivity index (χ2n) is 6.10. The van der Waals surface area contributed by atoms with Crippen molar-refractivity contribution in [2.75, 3.05) is 39.3 Å². The molecule has 2 aromatic rings. The van der Waals surface area contributed by atoms with Crippen molar-refractivity contribution in [3.8, 4) is 11.6 Å². The van der Waals surface area contributed by atoms with E-state index < -0.39 is 0 Å². The minimum atomic E-state index is 0.0241. The Morgan fingerprint density at radius 3 is 2.77 bits per heavy atom. The van der Waals surface area contributed by atoms with E-state index in [-0.39, 0.29) is 11.8 Å². The van der Waals surface area contributed by atoms with Crippen LogP contribution in [0.3, 0.4) is 0 Å². The molecule has 1 fully saturated rings. The average Bonchev–Trinajstić information content (AvgIpc) is 3.32. The SMILES string of the molecule is CCNC(=O)CN1CCN(C(=O)CCc2nc(-c3ccco3)no2)CC1. The van der Waals surface area contributed by atoms with Gasteiger partial charge in [0.2, 0.25) is 23.5 Å². The maximum atomic E-state index is 12.4. The van der Waals surface area contributed by atoms with Crippen LogP contribution in [0.2, 0.25) is 0 Å². The Bertz CT molecular complexity index is 719. The molecule has 26 heavy (non-hydrogen) atoms. The van der Waals surface area contributed by atoms with Gasteiger partial charge in [-0.15, -0.1) is 0 Å². The van der Waals surface area contributed by atoms with Crippen molar-refractivity contribution in [1.82, 2.24) is 25.3 Å². The lowest BCUT2D eigenvalue weighted by Crippen LogP contribution is -2.51. The number of piperazine rings is 1. The Balaban J connectivity index is 1.41. The van der Waals surface area contributed by atoms with Gasteiger partial charge >= 0.3 is 0 Å². The number of aromatic nitrogens is 2. The molecule has 140 valence electrons. The molecule has 0 radical (unpaired) electrons. The Kier molecular flexibility index (Phi) is 6.00. The lowest BCUT2D eigenvalue weighted by atomic mass is 10.2. The van der Waals surface area contributed by atoms with E-state index in [0.717, 1.165) is 0 Å². The van der Waals surface area contributed by atoms with Crippen molar-refractivity contribution < 1.29 is 18.5 Å². The van der Waals surface area contributed by atoms with Crippen LogP contribution in [-0.4, -0.2) is 71.0 Å². The number of carbonyl (C=O) groups excluding carboxylic acids is 2. The summed E-state index contributed by atoms with van der Waals surface area (Å²) in [5.74, 6) is 1.42. The van der Waals surface area contributed by atoms with Crippen LogP contribution in [0.5, 0.6) is 0 Å². The molecule has 0 bridgehead atoms. The zero-order valence-corrected chi connectivity index (χ0v) is 14.8. The van der Waals surface area contributed by atoms with E-state index in [1.165, 1.54) is 0 Å². The fourth-order valence-corrected chi connectivity index (χ4v) is 2.85. The number of rotatable bonds is 7. The van der Waals surface area contributed by atoms with Gasteiger partial charge in [0, 0.05) is 45.6 Å². The molecule has 0 aliphatic carbocycles. The van der Waals surface area contributed by atoms with Crippen LogP contribution in [0.25, 0.3) is 11.6 Å². The van der Waals surface area contributed by atoms with Gasteiger partial charge in [-0.25, -0.2) is 0 Å². The first-order valence-corrected chi connectivity index (χ1v) is 8.79. The number of nitrogens with one attached hydrogen (secondary N) is 1. The van der Waals surface area contributed by atoms with Gasteiger partial charge in [0.05, 0.1) is 12.8 Å². The lowest BCUT2D eigenvalue weighted by molar-refractivity contribution is -0.133. The first kappa shape index (κ1) is 18.1. The fourth-order valence-electron chi connectivity index (χ4n) is 2.85. The molecule has 1 saturated heterocycles. The molecule has 1 aliphatic rings. The molecule has 0 spiro atoms. The third-order valence-corrected chi connectivity index (χ3v) is 4.23. The van der Waals surface area contributed by atoms with Crippen molar-refractivity contribution in [3.05, 3.63) is 24.3 Å². The number of hydrogen-bond donors (Lipinski definition) is 1. The van der Waals surface area contributed by atoms with E-state index >= 15 is 0 Å². The summed E-state index contributed by atoms with van der Waals surface area (Å²) in [6.07, 6.45) is 2.25. The summed E-state index contributed by atoms with van der Waals surface area (Å²) in [5.41, 5.74) is 0. The predicted molar refractivity (Wildman–Crippen MR) is 92.0 cm³/mol. The number of amides is 2. The van der Waals surface area contributed by atoms with Crippen LogP contribution in [-0.2, 0) is 16.0 Å². The van der Waals surface area contributed by atoms with Crippen molar-refractivity contribution in [1.29, 1.82) is 0 Å². The van der Waals surface area contributed by atoms with Crippen molar-refractivity contribution in [2.24, 2.45) is 0 Å². The minimum absolute atomic E-state index is 0.0241. The third-order valence-electron chi connectivity index (χ3n) is 4.23. The number of carbonyl (C=O) groups is 2. The van der Waals surface area contributed by atoms with Gasteiger partial charge < -0.3 is 19.2 Å². The largest absolute Gasteiger partial charge is 0.461 e. The van der Waals surface area contributed by atoms with Crippen LogP contribution in [0.1, 0.15) is 19.2 Å². The Labute approximate surface area is 151 Å². The van der Waals surface area contributed by atoms with Crippen LogP contribution in [0.4, 0.5) is 0 Å². The summed E-state index contributed by atoms with van der Waals surface area (Å²) >= 11 is 0. The van der Waals surface area contributed by atoms with Gasteiger partial charge in [0.15, 0.2) is 5.76 Å². The molecule has 3 heterocycles. The molecule has 0 unspecified atom stereocenters. The predicted octanol–water partition coefficient (Wildman–Crippen LogP) is 0.543. The number of aryl methyl sites for hydroxylation is 1. The average molecular weight is 361 g/mol. The van der Waals surface area contributed by atoms with Gasteiger partial charge in [-0.3, -0.25) is 14.5 Å². The van der Waals surface area contributed by atoms with Crippen LogP contribution >= 0.6 is 0 Å². The summed E-state index contributed by atoms with van der Waals surface area (Å²) < 4.78 is 10.4. The molecule has 0 aromatic carbocycles. The highest BCUT2D eigenvalue weighted by molar-refractivity contribution is 5.78. The van der Waals surface area contributed by atoms with Gasteiger partial charge in [0.25, 0.3) is 0 Å². The summed E-state index contributed by atoms with van der Waals surface area (Å²) in [7, 11) is 0. The fraction of sp³-hybridized carbons (Fsp3) is 0.529. The normalized spacial score (nSPS) is 15.2. The number of likely N-dealkylation sites (N-methyl/N-ethyl adjacent to an activating group) is 1. The van der Waals surface area contributed by atoms with E-state index in [4.69, 9.17) is 8.94 Å². The van der Waals surface area contributed by atoms with Gasteiger partial charge in [-0.05, 0) is 19.1 Å². The van der Waals surface area contributed by atoms with Gasteiger partial charge in [0.1, 0.15) is 0 Å². The summed E-state index contributed by atoms with van der Waals surface area (Å²) in [5, 5.41) is 6.64. The van der Waals surface area contributed by atoms with E-state index in [1.807, 2.05) is 11.8 Å². The number of nitrogens with zero attached hydrogens (tertiary/aromatic N) is 4. The molecule has 3 rings (SSSR count). The molecule has 1 aliphatic heterocycles. The summed E-state index contributed by atoms with van der Waals surface area (Å²) in [6.45, 7) is 5.56. The lowest BCUT2D eigenvalue weighted by Gasteiger charge is -2.34. The van der Waals surface area contributed by atoms with Gasteiger partial charge in [-0.1, -0.05) is 5.16 Å². The maximum absolute atomic E-state index is 12.4. The third kappa shape index (κ3) is 4.69. The highest BCUT2D eigenvalue weighted by Crippen LogP contribution is 2.16. The van der Waals surface area contributed by atoms with E-state index in [9.17, 15) is 9.59 Å². The second kappa shape index (κ2) is 8.61. The van der Waals surface area contributed by atoms with Crippen molar-refractivity contribution in [3.63, 3.8) is 0 Å². The van der Waals surface area contributed by atoms with E-state index in [0.29, 0.717) is 69.6 Å². The Morgan fingerprint density at radius 1 is 1.27 bits per heavy atom. The highest BCUT2D eigenvalue weighted by atomic mass is 16.5. The number of furan rings is 1. The first-order chi connectivity index (χ1) is 12.7. The van der Waals surface area contributed by atoms with Crippen LogP contribution in [0.15, 0.2) is 27.3 Å². The highest BCUT2D eigenvalue weighted by Gasteiger charge is 2.22. The molecule has 0 atom stereocenters. The van der Waals surface area contributed by atoms with Gasteiger partial charge in [-0.2, -0.15) is 4.98 Å². The Hall–Kier alpha value is -2.68. The summed E-state index contributed by atoms with van der Waals surface area (Å²) in [4.78, 5) is 32.1. The number of hydrogen-bond acceptors (Lipinski definition) is 7. The molecule has 1 N–H and O–H groups in total. The zero-order valence-electron chi connectivity index (χ0n) is 14.8. The summed E-state index contributed by atoms with van der Waals surface area (Å²) in [6, 6.07) is 3.50. The zero-order chi connectivity index (χ0) is 18.4. The second-order valence-corrected chi connectivity index (χ2v) is 6.10. The van der Waals surface area contributed by atoms with E-state index in [2.05, 4.69) is 20.4 Å². The molecular weight excluding hydrogens is 338 g/mol. The van der Waals surface area contributed by atoms with Crippen LogP contribution < -0.4 is 5.32 Å². The van der Waals surface area contributed by atoms with Crippen molar-refractivity contribution in [2.45, 2.75) is 19.8 Å². The van der Waals surface area contributed by atoms with Crippen LogP contribution in [0, 0.1) is 0 Å². The molecule has 2 amide bonds. The monoisotopic (exact) mass is 361 g/mol. The minimum Gasteiger partial charge on any atom is -0.461 e. The molecule has 0 saturated carbocycles. The smallest absolute Gasteiger partial charge is 0.238 e. The molecule has 9 heteroatoms. The molecule has 2 aromatic heterocycles.